The zero-order valence-corrected chi connectivity index (χ0v) is 14.5. The van der Waals surface area contributed by atoms with Crippen LogP contribution in [0.25, 0.3) is 0 Å². The lowest BCUT2D eigenvalue weighted by molar-refractivity contribution is 0.1000. The average Bonchev–Trinajstić information content (AvgIpc) is 3.05. The van der Waals surface area contributed by atoms with Crippen LogP contribution in [0.5, 0.6) is 0 Å². The van der Waals surface area contributed by atoms with Gasteiger partial charge in [-0.1, -0.05) is 30.6 Å². The van der Waals surface area contributed by atoms with Gasteiger partial charge < -0.3 is 15.2 Å². The number of halogens is 1. The first-order valence-electron chi connectivity index (χ1n) is 7.99. The van der Waals surface area contributed by atoms with E-state index in [1.807, 2.05) is 13.8 Å². The maximum absolute atomic E-state index is 11.2. The number of aromatic nitrogens is 3. The Morgan fingerprint density at radius 2 is 2.29 bits per heavy atom. The van der Waals surface area contributed by atoms with Gasteiger partial charge in [-0.2, -0.15) is 4.98 Å². The fourth-order valence-corrected chi connectivity index (χ4v) is 3.11. The van der Waals surface area contributed by atoms with Crippen LogP contribution in [0.1, 0.15) is 60.6 Å². The van der Waals surface area contributed by atoms with E-state index in [1.54, 1.807) is 6.07 Å². The molecule has 1 aliphatic rings. The van der Waals surface area contributed by atoms with Gasteiger partial charge in [-0.15, -0.1) is 0 Å². The summed E-state index contributed by atoms with van der Waals surface area (Å²) in [5, 5.41) is 4.54. The maximum Gasteiger partial charge on any atom is 0.250 e. The number of anilines is 1. The lowest BCUT2D eigenvalue weighted by atomic mass is 9.97. The van der Waals surface area contributed by atoms with Gasteiger partial charge in [0, 0.05) is 31.1 Å². The van der Waals surface area contributed by atoms with Gasteiger partial charge in [0.25, 0.3) is 0 Å². The van der Waals surface area contributed by atoms with Crippen molar-refractivity contribution >= 4 is 23.3 Å². The number of hydrogen-bond donors (Lipinski definition) is 1. The number of nitrogens with two attached hydrogens (primary N) is 1. The molecule has 0 aliphatic carbocycles. The Hall–Kier alpha value is -2.15. The van der Waals surface area contributed by atoms with Crippen LogP contribution in [0.2, 0.25) is 5.02 Å². The van der Waals surface area contributed by atoms with Crippen LogP contribution in [0, 0.1) is 0 Å². The van der Waals surface area contributed by atoms with E-state index < -0.39 is 5.91 Å². The van der Waals surface area contributed by atoms with Gasteiger partial charge in [0.2, 0.25) is 11.8 Å². The molecule has 2 aromatic heterocycles. The maximum atomic E-state index is 11.2. The van der Waals surface area contributed by atoms with Crippen molar-refractivity contribution in [3.8, 4) is 0 Å². The van der Waals surface area contributed by atoms with Crippen molar-refractivity contribution in [1.29, 1.82) is 0 Å². The van der Waals surface area contributed by atoms with Crippen molar-refractivity contribution in [2.24, 2.45) is 5.73 Å². The van der Waals surface area contributed by atoms with E-state index in [9.17, 15) is 4.79 Å². The monoisotopic (exact) mass is 349 g/mol. The number of nitrogens with zero attached hydrogens (tertiary/aromatic N) is 4. The Bertz CT molecular complexity index is 746. The number of hydrogen-bond acceptors (Lipinski definition) is 6. The summed E-state index contributed by atoms with van der Waals surface area (Å²) in [6, 6.07) is 1.56. The molecule has 0 aromatic carbocycles. The van der Waals surface area contributed by atoms with E-state index in [1.165, 1.54) is 6.20 Å². The third kappa shape index (κ3) is 3.36. The molecule has 128 valence electrons. The van der Waals surface area contributed by atoms with Crippen LogP contribution in [0.4, 0.5) is 5.82 Å². The number of rotatable bonds is 4. The SMILES string of the molecule is CC(C)c1nc(C2CCCN(c3ncc(C(N)=O)cc3Cl)C2)no1. The third-order valence-electron chi connectivity index (χ3n) is 4.14. The van der Waals surface area contributed by atoms with E-state index >= 15 is 0 Å². The van der Waals surface area contributed by atoms with Gasteiger partial charge in [-0.25, -0.2) is 4.98 Å². The molecule has 1 fully saturated rings. The highest BCUT2D eigenvalue weighted by Crippen LogP contribution is 2.32. The molecule has 0 spiro atoms. The fourth-order valence-electron chi connectivity index (χ4n) is 2.83. The molecule has 0 saturated carbocycles. The summed E-state index contributed by atoms with van der Waals surface area (Å²) < 4.78 is 5.31. The number of carbonyl (C=O) groups is 1. The first kappa shape index (κ1) is 16.7. The molecule has 2 aromatic rings. The summed E-state index contributed by atoms with van der Waals surface area (Å²) in [5.41, 5.74) is 5.56. The number of pyridine rings is 1. The molecular formula is C16H20ClN5O2. The molecular weight excluding hydrogens is 330 g/mol. The predicted molar refractivity (Wildman–Crippen MR) is 90.3 cm³/mol. The molecule has 1 aliphatic heterocycles. The van der Waals surface area contributed by atoms with Crippen LogP contribution < -0.4 is 10.6 Å². The summed E-state index contributed by atoms with van der Waals surface area (Å²) in [4.78, 5) is 22.1. The lowest BCUT2D eigenvalue weighted by Gasteiger charge is -2.32. The second kappa shape index (κ2) is 6.76. The molecule has 2 N–H and O–H groups in total. The van der Waals surface area contributed by atoms with E-state index in [-0.39, 0.29) is 11.8 Å². The van der Waals surface area contributed by atoms with E-state index in [4.69, 9.17) is 21.9 Å². The smallest absolute Gasteiger partial charge is 0.250 e. The fraction of sp³-hybridized carbons (Fsp3) is 0.500. The molecule has 1 amide bonds. The minimum absolute atomic E-state index is 0.170. The summed E-state index contributed by atoms with van der Waals surface area (Å²) in [6.45, 7) is 5.59. The number of amides is 1. The minimum atomic E-state index is -0.541. The molecule has 1 saturated heterocycles. The van der Waals surface area contributed by atoms with Crippen LogP contribution in [0.15, 0.2) is 16.8 Å². The van der Waals surface area contributed by atoms with Crippen molar-refractivity contribution in [2.45, 2.75) is 38.5 Å². The highest BCUT2D eigenvalue weighted by molar-refractivity contribution is 6.33. The molecule has 8 heteroatoms. The van der Waals surface area contributed by atoms with Crippen LogP contribution in [0.3, 0.4) is 0 Å². The van der Waals surface area contributed by atoms with Crippen molar-refractivity contribution in [3.63, 3.8) is 0 Å². The predicted octanol–water partition coefficient (Wildman–Crippen LogP) is 2.72. The van der Waals surface area contributed by atoms with Crippen molar-refractivity contribution in [1.82, 2.24) is 15.1 Å². The zero-order chi connectivity index (χ0) is 17.3. The first-order valence-corrected chi connectivity index (χ1v) is 8.37. The largest absolute Gasteiger partial charge is 0.366 e. The van der Waals surface area contributed by atoms with Gasteiger partial charge in [0.1, 0.15) is 5.82 Å². The topological polar surface area (TPSA) is 98.1 Å². The molecule has 24 heavy (non-hydrogen) atoms. The molecule has 0 radical (unpaired) electrons. The minimum Gasteiger partial charge on any atom is -0.366 e. The van der Waals surface area contributed by atoms with Gasteiger partial charge in [-0.3, -0.25) is 4.79 Å². The van der Waals surface area contributed by atoms with Gasteiger partial charge >= 0.3 is 0 Å². The molecule has 0 bridgehead atoms. The second-order valence-corrected chi connectivity index (χ2v) is 6.73. The molecule has 3 rings (SSSR count). The van der Waals surface area contributed by atoms with Crippen LogP contribution >= 0.6 is 11.6 Å². The Morgan fingerprint density at radius 3 is 2.92 bits per heavy atom. The highest BCUT2D eigenvalue weighted by Gasteiger charge is 2.27. The third-order valence-corrected chi connectivity index (χ3v) is 4.42. The van der Waals surface area contributed by atoms with Crippen LogP contribution in [-0.4, -0.2) is 34.1 Å². The second-order valence-electron chi connectivity index (χ2n) is 6.32. The number of piperidine rings is 1. The number of carbonyl (C=O) groups excluding carboxylic acids is 1. The van der Waals surface area contributed by atoms with E-state index in [0.29, 0.717) is 28.8 Å². The Balaban J connectivity index is 1.79. The van der Waals surface area contributed by atoms with Gasteiger partial charge in [-0.05, 0) is 18.9 Å². The summed E-state index contributed by atoms with van der Waals surface area (Å²) in [6.07, 6.45) is 3.43. The molecule has 1 atom stereocenters. The average molecular weight is 350 g/mol. The quantitative estimate of drug-likeness (QED) is 0.911. The standard InChI is InChI=1S/C16H20ClN5O2/c1-9(2)16-20-14(21-24-16)10-4-3-5-22(8-10)15-12(17)6-11(7-19-15)13(18)23/h6-7,9-10H,3-5,8H2,1-2H3,(H2,18,23). The van der Waals surface area contributed by atoms with Gasteiger partial charge in [0.05, 0.1) is 10.6 Å². The molecule has 3 heterocycles. The van der Waals surface area contributed by atoms with Crippen molar-refractivity contribution in [2.75, 3.05) is 18.0 Å². The number of primary amides is 1. The van der Waals surface area contributed by atoms with Crippen molar-refractivity contribution < 1.29 is 9.32 Å². The first-order chi connectivity index (χ1) is 11.5. The normalized spacial score (nSPS) is 18.2. The molecule has 7 nitrogen and oxygen atoms in total. The van der Waals surface area contributed by atoms with Gasteiger partial charge in [0.15, 0.2) is 5.82 Å². The van der Waals surface area contributed by atoms with Crippen molar-refractivity contribution in [3.05, 3.63) is 34.6 Å². The van der Waals surface area contributed by atoms with Crippen LogP contribution in [-0.2, 0) is 0 Å². The Labute approximate surface area is 145 Å². The molecule has 1 unspecified atom stereocenters. The van der Waals surface area contributed by atoms with E-state index in [2.05, 4.69) is 20.0 Å². The lowest BCUT2D eigenvalue weighted by Crippen LogP contribution is -2.35. The summed E-state index contributed by atoms with van der Waals surface area (Å²) in [5.74, 6) is 1.88. The van der Waals surface area contributed by atoms with E-state index in [0.717, 1.165) is 25.2 Å². The zero-order valence-electron chi connectivity index (χ0n) is 13.7. The Kier molecular flexibility index (Phi) is 4.71. The summed E-state index contributed by atoms with van der Waals surface area (Å²) in [7, 11) is 0. The Morgan fingerprint density at radius 1 is 1.50 bits per heavy atom. The summed E-state index contributed by atoms with van der Waals surface area (Å²) >= 11 is 6.28. The highest BCUT2D eigenvalue weighted by atomic mass is 35.5.